The number of fused-ring (bicyclic) bond motifs is 1. The molecule has 0 atom stereocenters. The van der Waals surface area contributed by atoms with Gasteiger partial charge in [-0.2, -0.15) is 4.99 Å². The van der Waals surface area contributed by atoms with Gasteiger partial charge in [-0.15, -0.1) is 0 Å². The van der Waals surface area contributed by atoms with Crippen LogP contribution in [0.5, 0.6) is 0 Å². The van der Waals surface area contributed by atoms with E-state index >= 15 is 0 Å². The lowest BCUT2D eigenvalue weighted by atomic mass is 10.2. The molecule has 6 nitrogen and oxygen atoms in total. The van der Waals surface area contributed by atoms with Gasteiger partial charge in [-0.3, -0.25) is 4.79 Å². The Hall–Kier alpha value is -2.19. The summed E-state index contributed by atoms with van der Waals surface area (Å²) in [4.78, 5) is 29.6. The first-order chi connectivity index (χ1) is 14.4. The second kappa shape index (κ2) is 10.2. The molecule has 0 aliphatic carbocycles. The second-order valence-electron chi connectivity index (χ2n) is 6.18. The number of ether oxygens (including phenoxy) is 2. The molecule has 0 fully saturated rings. The number of hydrogen-bond acceptors (Lipinski definition) is 5. The van der Waals surface area contributed by atoms with E-state index < -0.39 is 11.9 Å². The van der Waals surface area contributed by atoms with Crippen LogP contribution in [0.2, 0.25) is 10.0 Å². The van der Waals surface area contributed by atoms with Crippen molar-refractivity contribution < 1.29 is 19.1 Å². The van der Waals surface area contributed by atoms with E-state index in [4.69, 9.17) is 32.7 Å². The average Bonchev–Trinajstić information content (AvgIpc) is 3.04. The Morgan fingerprint density at radius 3 is 2.60 bits per heavy atom. The quantitative estimate of drug-likeness (QED) is 0.364. The lowest BCUT2D eigenvalue weighted by Gasteiger charge is -2.06. The van der Waals surface area contributed by atoms with Gasteiger partial charge in [0, 0.05) is 18.2 Å². The first-order valence-corrected chi connectivity index (χ1v) is 10.9. The highest BCUT2D eigenvalue weighted by molar-refractivity contribution is 7.16. The molecule has 0 N–H and O–H groups in total. The first kappa shape index (κ1) is 22.5. The molecule has 0 radical (unpaired) electrons. The summed E-state index contributed by atoms with van der Waals surface area (Å²) in [5.74, 6) is -0.866. The Bertz CT molecular complexity index is 1150. The summed E-state index contributed by atoms with van der Waals surface area (Å²) in [5.41, 5.74) is 1.56. The van der Waals surface area contributed by atoms with Gasteiger partial charge in [-0.1, -0.05) is 34.5 Å². The van der Waals surface area contributed by atoms with E-state index in [0.717, 1.165) is 10.2 Å². The van der Waals surface area contributed by atoms with E-state index in [9.17, 15) is 9.59 Å². The van der Waals surface area contributed by atoms with Gasteiger partial charge in [0.1, 0.15) is 0 Å². The topological polar surface area (TPSA) is 69.9 Å². The van der Waals surface area contributed by atoms with Crippen LogP contribution in [0.1, 0.15) is 34.6 Å². The molecular formula is C21H20Cl2N2O4S. The fraction of sp³-hybridized carbons (Fsp3) is 0.286. The molecular weight excluding hydrogens is 447 g/mol. The summed E-state index contributed by atoms with van der Waals surface area (Å²) < 4.78 is 13.3. The lowest BCUT2D eigenvalue weighted by Crippen LogP contribution is -2.19. The van der Waals surface area contributed by atoms with Crippen molar-refractivity contribution >= 4 is 56.6 Å². The summed E-state index contributed by atoms with van der Waals surface area (Å²) in [6, 6.07) is 9.91. The number of benzene rings is 2. The van der Waals surface area contributed by atoms with Crippen molar-refractivity contribution in [2.24, 2.45) is 4.99 Å². The fourth-order valence-corrected chi connectivity index (χ4v) is 4.41. The van der Waals surface area contributed by atoms with Gasteiger partial charge >= 0.3 is 5.97 Å². The second-order valence-corrected chi connectivity index (χ2v) is 8.03. The van der Waals surface area contributed by atoms with Crippen molar-refractivity contribution in [1.29, 1.82) is 0 Å². The van der Waals surface area contributed by atoms with Crippen LogP contribution < -0.4 is 4.80 Å². The van der Waals surface area contributed by atoms with Gasteiger partial charge in [0.2, 0.25) is 0 Å². The predicted molar refractivity (Wildman–Crippen MR) is 119 cm³/mol. The molecule has 0 saturated carbocycles. The van der Waals surface area contributed by atoms with Crippen LogP contribution in [0.25, 0.3) is 10.2 Å². The molecule has 0 unspecified atom stereocenters. The van der Waals surface area contributed by atoms with Crippen molar-refractivity contribution in [1.82, 2.24) is 4.57 Å². The number of amides is 1. The molecule has 0 spiro atoms. The Labute approximate surface area is 187 Å². The van der Waals surface area contributed by atoms with Gasteiger partial charge < -0.3 is 14.0 Å². The molecule has 3 aromatic rings. The minimum Gasteiger partial charge on any atom is -0.462 e. The highest BCUT2D eigenvalue weighted by Gasteiger charge is 2.14. The number of halogens is 2. The zero-order chi connectivity index (χ0) is 21.7. The summed E-state index contributed by atoms with van der Waals surface area (Å²) in [5, 5.41) is 0.680. The number of carbonyl (C=O) groups is 2. The molecule has 1 heterocycles. The Kier molecular flexibility index (Phi) is 7.66. The van der Waals surface area contributed by atoms with Crippen LogP contribution in [0.4, 0.5) is 0 Å². The smallest absolute Gasteiger partial charge is 0.338 e. The molecule has 0 bridgehead atoms. The normalized spacial score (nSPS) is 11.8. The zero-order valence-electron chi connectivity index (χ0n) is 16.5. The maximum absolute atomic E-state index is 12.8. The van der Waals surface area contributed by atoms with Crippen LogP contribution >= 0.6 is 34.5 Å². The van der Waals surface area contributed by atoms with E-state index in [1.165, 1.54) is 17.4 Å². The molecule has 0 saturated heterocycles. The molecule has 158 valence electrons. The summed E-state index contributed by atoms with van der Waals surface area (Å²) in [7, 11) is 0. The maximum Gasteiger partial charge on any atom is 0.338 e. The molecule has 9 heteroatoms. The molecule has 1 amide bonds. The standard InChI is InChI=1S/C21H20Cl2N2O4S/c1-3-28-10-9-25-17-8-5-13(20(27)29-4-2)11-18(17)30-21(25)24-19(26)15-7-6-14(22)12-16(15)23/h5-8,11-12H,3-4,9-10H2,1-2H3. The van der Waals surface area contributed by atoms with Crippen molar-refractivity contribution in [2.75, 3.05) is 19.8 Å². The Balaban J connectivity index is 2.08. The van der Waals surface area contributed by atoms with Crippen molar-refractivity contribution in [2.45, 2.75) is 20.4 Å². The summed E-state index contributed by atoms with van der Waals surface area (Å²) in [6.07, 6.45) is 0. The van der Waals surface area contributed by atoms with Crippen LogP contribution in [-0.2, 0) is 16.0 Å². The highest BCUT2D eigenvalue weighted by Crippen LogP contribution is 2.23. The van der Waals surface area contributed by atoms with Crippen molar-refractivity contribution in [3.8, 4) is 0 Å². The molecule has 30 heavy (non-hydrogen) atoms. The summed E-state index contributed by atoms with van der Waals surface area (Å²) >= 11 is 13.4. The van der Waals surface area contributed by atoms with Gasteiger partial charge in [-0.05, 0) is 50.2 Å². The van der Waals surface area contributed by atoms with Crippen LogP contribution in [-0.4, -0.2) is 36.3 Å². The van der Waals surface area contributed by atoms with E-state index in [0.29, 0.717) is 41.8 Å². The number of hydrogen-bond donors (Lipinski definition) is 0. The third-order valence-electron chi connectivity index (χ3n) is 4.22. The number of nitrogens with zero attached hydrogens (tertiary/aromatic N) is 2. The lowest BCUT2D eigenvalue weighted by molar-refractivity contribution is 0.0526. The predicted octanol–water partition coefficient (Wildman–Crippen LogP) is 4.96. The van der Waals surface area contributed by atoms with Crippen LogP contribution in [0.3, 0.4) is 0 Å². The number of aromatic nitrogens is 1. The number of thiazole rings is 1. The van der Waals surface area contributed by atoms with Crippen molar-refractivity contribution in [3.05, 3.63) is 62.4 Å². The highest BCUT2D eigenvalue weighted by atomic mass is 35.5. The van der Waals surface area contributed by atoms with Crippen LogP contribution in [0.15, 0.2) is 41.4 Å². The van der Waals surface area contributed by atoms with Gasteiger partial charge in [0.15, 0.2) is 4.80 Å². The largest absolute Gasteiger partial charge is 0.462 e. The third kappa shape index (κ3) is 5.10. The number of esters is 1. The number of carbonyl (C=O) groups excluding carboxylic acids is 2. The molecule has 2 aromatic carbocycles. The SMILES string of the molecule is CCOCCn1c(=NC(=O)c2ccc(Cl)cc2Cl)sc2cc(C(=O)OCC)ccc21. The van der Waals surface area contributed by atoms with Gasteiger partial charge in [0.25, 0.3) is 5.91 Å². The van der Waals surface area contributed by atoms with E-state index in [1.54, 1.807) is 31.2 Å². The molecule has 1 aromatic heterocycles. The minimum atomic E-state index is -0.473. The fourth-order valence-electron chi connectivity index (χ4n) is 2.83. The van der Waals surface area contributed by atoms with Gasteiger partial charge in [-0.25, -0.2) is 4.79 Å². The Morgan fingerprint density at radius 2 is 1.90 bits per heavy atom. The Morgan fingerprint density at radius 1 is 1.10 bits per heavy atom. The van der Waals surface area contributed by atoms with E-state index in [2.05, 4.69) is 4.99 Å². The molecule has 0 aliphatic rings. The monoisotopic (exact) mass is 466 g/mol. The first-order valence-electron chi connectivity index (χ1n) is 9.37. The minimum absolute atomic E-state index is 0.239. The number of rotatable bonds is 7. The third-order valence-corrected chi connectivity index (χ3v) is 5.80. The average molecular weight is 467 g/mol. The van der Waals surface area contributed by atoms with Crippen molar-refractivity contribution in [3.63, 3.8) is 0 Å². The van der Waals surface area contributed by atoms with Crippen LogP contribution in [0, 0.1) is 0 Å². The molecule has 3 rings (SSSR count). The molecule has 0 aliphatic heterocycles. The zero-order valence-corrected chi connectivity index (χ0v) is 18.8. The van der Waals surface area contributed by atoms with Gasteiger partial charge in [0.05, 0.1) is 39.6 Å². The summed E-state index contributed by atoms with van der Waals surface area (Å²) in [6.45, 7) is 5.53. The maximum atomic E-state index is 12.8. The van der Waals surface area contributed by atoms with E-state index in [1.807, 2.05) is 17.6 Å². The van der Waals surface area contributed by atoms with E-state index in [-0.39, 0.29) is 10.6 Å².